The van der Waals surface area contributed by atoms with Gasteiger partial charge < -0.3 is 5.32 Å². The lowest BCUT2D eigenvalue weighted by atomic mass is 9.69. The van der Waals surface area contributed by atoms with E-state index in [0.29, 0.717) is 6.04 Å². The molecular weight excluding hydrogens is 242 g/mol. The largest absolute Gasteiger partial charge is 0.311 e. The molecule has 20 heavy (non-hydrogen) atoms. The Labute approximate surface area is 124 Å². The summed E-state index contributed by atoms with van der Waals surface area (Å²) in [6.07, 6.45) is 21.7. The summed E-state index contributed by atoms with van der Waals surface area (Å²) in [6, 6.07) is 1.43. The second kappa shape index (κ2) is 8.15. The Morgan fingerprint density at radius 1 is 1.25 bits per heavy atom. The molecule has 4 atom stereocenters. The summed E-state index contributed by atoms with van der Waals surface area (Å²) in [7, 11) is 0. The second-order valence-corrected chi connectivity index (χ2v) is 6.19. The highest BCUT2D eigenvalue weighted by Gasteiger charge is 2.36. The highest BCUT2D eigenvalue weighted by molar-refractivity contribution is 5.09. The van der Waals surface area contributed by atoms with Gasteiger partial charge in [0.05, 0.1) is 0 Å². The van der Waals surface area contributed by atoms with Crippen LogP contribution in [0.15, 0.2) is 30.5 Å². The number of allylic oxidation sites excluding steroid dienone is 3. The van der Waals surface area contributed by atoms with Crippen molar-refractivity contribution in [1.29, 1.82) is 0 Å². The molecule has 1 saturated carbocycles. The van der Waals surface area contributed by atoms with Crippen molar-refractivity contribution in [3.8, 4) is 12.3 Å². The summed E-state index contributed by atoms with van der Waals surface area (Å²) in [5, 5.41) is 3.90. The van der Waals surface area contributed by atoms with Gasteiger partial charge in [-0.3, -0.25) is 0 Å². The SMILES string of the molecule is C#CC=CCC1CCCC2NC(CCC=C=C)CCC12. The zero-order valence-electron chi connectivity index (χ0n) is 12.5. The molecule has 4 unspecified atom stereocenters. The number of nitrogens with one attached hydrogen (secondary N) is 1. The van der Waals surface area contributed by atoms with Gasteiger partial charge in [-0.05, 0) is 68.9 Å². The molecule has 2 fully saturated rings. The third kappa shape index (κ3) is 4.14. The molecule has 1 aliphatic carbocycles. The zero-order valence-corrected chi connectivity index (χ0v) is 12.5. The average Bonchev–Trinajstić information content (AvgIpc) is 2.48. The molecule has 2 rings (SSSR count). The normalized spacial score (nSPS) is 33.1. The summed E-state index contributed by atoms with van der Waals surface area (Å²) in [6.45, 7) is 3.63. The van der Waals surface area contributed by atoms with E-state index in [0.717, 1.165) is 30.7 Å². The van der Waals surface area contributed by atoms with Crippen molar-refractivity contribution in [1.82, 2.24) is 5.32 Å². The van der Waals surface area contributed by atoms with Gasteiger partial charge in [0.1, 0.15) is 0 Å². The molecule has 0 bridgehead atoms. The topological polar surface area (TPSA) is 12.0 Å². The molecule has 1 nitrogen and oxygen atoms in total. The lowest BCUT2D eigenvalue weighted by Gasteiger charge is -2.44. The number of fused-ring (bicyclic) bond motifs is 1. The number of piperidine rings is 1. The first kappa shape index (κ1) is 15.2. The molecule has 0 amide bonds. The lowest BCUT2D eigenvalue weighted by molar-refractivity contribution is 0.114. The molecule has 1 saturated heterocycles. The Kier molecular flexibility index (Phi) is 6.19. The van der Waals surface area contributed by atoms with Gasteiger partial charge in [-0.1, -0.05) is 25.0 Å². The lowest BCUT2D eigenvalue weighted by Crippen LogP contribution is -2.51. The van der Waals surface area contributed by atoms with Gasteiger partial charge in [0, 0.05) is 12.1 Å². The molecular formula is C19H27N. The van der Waals surface area contributed by atoms with Crippen LogP contribution in [0.5, 0.6) is 0 Å². The van der Waals surface area contributed by atoms with Crippen molar-refractivity contribution in [2.24, 2.45) is 11.8 Å². The van der Waals surface area contributed by atoms with Crippen LogP contribution in [0.25, 0.3) is 0 Å². The first-order chi connectivity index (χ1) is 9.85. The average molecular weight is 269 g/mol. The van der Waals surface area contributed by atoms with Crippen LogP contribution in [-0.2, 0) is 0 Å². The van der Waals surface area contributed by atoms with Crippen LogP contribution in [0.1, 0.15) is 51.4 Å². The van der Waals surface area contributed by atoms with Crippen LogP contribution in [0.3, 0.4) is 0 Å². The van der Waals surface area contributed by atoms with E-state index in [-0.39, 0.29) is 0 Å². The maximum absolute atomic E-state index is 5.29. The molecule has 1 heterocycles. The van der Waals surface area contributed by atoms with Gasteiger partial charge in [0.2, 0.25) is 0 Å². The van der Waals surface area contributed by atoms with E-state index in [1.165, 1.54) is 38.5 Å². The van der Waals surface area contributed by atoms with E-state index < -0.39 is 0 Å². The van der Waals surface area contributed by atoms with E-state index in [9.17, 15) is 0 Å². The molecule has 108 valence electrons. The zero-order chi connectivity index (χ0) is 14.2. The van der Waals surface area contributed by atoms with Gasteiger partial charge in [-0.15, -0.1) is 12.2 Å². The van der Waals surface area contributed by atoms with E-state index in [1.807, 2.05) is 6.08 Å². The van der Waals surface area contributed by atoms with Gasteiger partial charge >= 0.3 is 0 Å². The highest BCUT2D eigenvalue weighted by atomic mass is 15.0. The minimum absolute atomic E-state index is 0.695. The Bertz CT molecular complexity index is 408. The molecule has 0 aromatic rings. The van der Waals surface area contributed by atoms with Crippen molar-refractivity contribution in [3.05, 3.63) is 30.5 Å². The Hall–Kier alpha value is -1.22. The van der Waals surface area contributed by atoms with E-state index in [4.69, 9.17) is 6.42 Å². The summed E-state index contributed by atoms with van der Waals surface area (Å²) in [4.78, 5) is 0. The van der Waals surface area contributed by atoms with Gasteiger partial charge in [-0.25, -0.2) is 0 Å². The Balaban J connectivity index is 1.85. The minimum atomic E-state index is 0.695. The first-order valence-electron chi connectivity index (χ1n) is 8.06. The van der Waals surface area contributed by atoms with Crippen molar-refractivity contribution in [2.45, 2.75) is 63.5 Å². The molecule has 1 aliphatic heterocycles. The third-order valence-corrected chi connectivity index (χ3v) is 4.97. The summed E-state index contributed by atoms with van der Waals surface area (Å²) >= 11 is 0. The standard InChI is InChI=1S/C19H27N/c1-3-5-7-10-16-11-9-13-19-18(16)15-14-17(20-19)12-8-6-4-2/h1,5-7,16-20H,2,8-15H2. The quantitative estimate of drug-likeness (QED) is 0.582. The molecule has 0 spiro atoms. The smallest absolute Gasteiger partial charge is 0.0101 e. The van der Waals surface area contributed by atoms with Crippen molar-refractivity contribution < 1.29 is 0 Å². The van der Waals surface area contributed by atoms with Gasteiger partial charge in [0.15, 0.2) is 0 Å². The fourth-order valence-corrected chi connectivity index (χ4v) is 4.00. The van der Waals surface area contributed by atoms with Crippen LogP contribution in [0.4, 0.5) is 0 Å². The second-order valence-electron chi connectivity index (χ2n) is 6.19. The van der Waals surface area contributed by atoms with E-state index in [1.54, 1.807) is 0 Å². The van der Waals surface area contributed by atoms with Crippen LogP contribution < -0.4 is 5.32 Å². The Morgan fingerprint density at radius 3 is 2.95 bits per heavy atom. The number of terminal acetylenes is 1. The van der Waals surface area contributed by atoms with Crippen molar-refractivity contribution in [3.63, 3.8) is 0 Å². The van der Waals surface area contributed by atoms with Crippen molar-refractivity contribution >= 4 is 0 Å². The van der Waals surface area contributed by atoms with E-state index in [2.05, 4.69) is 35.7 Å². The molecule has 2 aliphatic rings. The summed E-state index contributed by atoms with van der Waals surface area (Å²) in [5.74, 6) is 4.30. The molecule has 0 aromatic heterocycles. The highest BCUT2D eigenvalue weighted by Crippen LogP contribution is 2.39. The maximum atomic E-state index is 5.29. The van der Waals surface area contributed by atoms with Gasteiger partial charge in [-0.2, -0.15) is 0 Å². The fraction of sp³-hybridized carbons (Fsp3) is 0.632. The molecule has 0 aromatic carbocycles. The van der Waals surface area contributed by atoms with Crippen LogP contribution in [0, 0.1) is 24.2 Å². The molecule has 1 heteroatoms. The number of hydrogen-bond acceptors (Lipinski definition) is 1. The first-order valence-corrected chi connectivity index (χ1v) is 8.06. The maximum Gasteiger partial charge on any atom is 0.0101 e. The summed E-state index contributed by atoms with van der Waals surface area (Å²) < 4.78 is 0. The summed E-state index contributed by atoms with van der Waals surface area (Å²) in [5.41, 5.74) is 2.87. The number of hydrogen-bond donors (Lipinski definition) is 1. The van der Waals surface area contributed by atoms with Crippen LogP contribution in [-0.4, -0.2) is 12.1 Å². The third-order valence-electron chi connectivity index (χ3n) is 4.97. The number of rotatable bonds is 5. The monoisotopic (exact) mass is 269 g/mol. The van der Waals surface area contributed by atoms with Crippen LogP contribution >= 0.6 is 0 Å². The predicted molar refractivity (Wildman–Crippen MR) is 86.3 cm³/mol. The predicted octanol–water partition coefficient (Wildman–Crippen LogP) is 4.22. The van der Waals surface area contributed by atoms with Crippen LogP contribution in [0.2, 0.25) is 0 Å². The molecule has 1 N–H and O–H groups in total. The molecule has 0 radical (unpaired) electrons. The minimum Gasteiger partial charge on any atom is -0.311 e. The van der Waals surface area contributed by atoms with Crippen molar-refractivity contribution in [2.75, 3.05) is 0 Å². The Morgan fingerprint density at radius 2 is 2.15 bits per heavy atom. The van der Waals surface area contributed by atoms with Gasteiger partial charge in [0.25, 0.3) is 0 Å². The van der Waals surface area contributed by atoms with E-state index >= 15 is 0 Å². The fourth-order valence-electron chi connectivity index (χ4n) is 4.00.